The van der Waals surface area contributed by atoms with Gasteiger partial charge in [-0.15, -0.1) is 0 Å². The van der Waals surface area contributed by atoms with Crippen LogP contribution in [0.5, 0.6) is 0 Å². The number of carbonyl (C=O) groups is 2. The van der Waals surface area contributed by atoms with Gasteiger partial charge in [0.15, 0.2) is 0 Å². The molecule has 0 aliphatic carbocycles. The van der Waals surface area contributed by atoms with E-state index in [1.54, 1.807) is 29.2 Å². The van der Waals surface area contributed by atoms with Gasteiger partial charge in [-0.25, -0.2) is 4.39 Å². The molecule has 1 aromatic carbocycles. The number of likely N-dealkylation sites (tertiary alicyclic amines) is 1. The number of ether oxygens (including phenoxy) is 1. The van der Waals surface area contributed by atoms with Crippen molar-refractivity contribution < 1.29 is 18.7 Å². The Labute approximate surface area is 165 Å². The second-order valence-corrected chi connectivity index (χ2v) is 8.27. The Morgan fingerprint density at radius 3 is 3.00 bits per heavy atom. The maximum Gasteiger partial charge on any atom is 0.263 e. The SMILES string of the molecule is O=C1NC(=S)S/C1=C\C1CC=C(c2cccc(C(=O)N3CC[C@@H](F)C3)c2)O1. The van der Waals surface area contributed by atoms with Gasteiger partial charge in [-0.3, -0.25) is 9.59 Å². The van der Waals surface area contributed by atoms with Crippen molar-refractivity contribution in [2.24, 2.45) is 0 Å². The van der Waals surface area contributed by atoms with Crippen LogP contribution in [0.2, 0.25) is 0 Å². The topological polar surface area (TPSA) is 58.6 Å². The minimum Gasteiger partial charge on any atom is -0.486 e. The normalized spacial score (nSPS) is 26.3. The van der Waals surface area contributed by atoms with Crippen LogP contribution < -0.4 is 5.32 Å². The van der Waals surface area contributed by atoms with Gasteiger partial charge in [0.2, 0.25) is 0 Å². The lowest BCUT2D eigenvalue weighted by Gasteiger charge is -2.16. The summed E-state index contributed by atoms with van der Waals surface area (Å²) in [6, 6.07) is 7.15. The van der Waals surface area contributed by atoms with Gasteiger partial charge in [-0.05, 0) is 30.7 Å². The lowest BCUT2D eigenvalue weighted by molar-refractivity contribution is -0.115. The third-order valence-corrected chi connectivity index (χ3v) is 5.79. The van der Waals surface area contributed by atoms with E-state index in [0.717, 1.165) is 5.56 Å². The van der Waals surface area contributed by atoms with Gasteiger partial charge in [0.25, 0.3) is 11.8 Å². The van der Waals surface area contributed by atoms with Crippen molar-refractivity contribution in [3.63, 3.8) is 0 Å². The molecule has 0 saturated carbocycles. The van der Waals surface area contributed by atoms with Crippen molar-refractivity contribution in [2.75, 3.05) is 13.1 Å². The van der Waals surface area contributed by atoms with Crippen LogP contribution >= 0.6 is 24.0 Å². The zero-order valence-corrected chi connectivity index (χ0v) is 15.9. The first-order chi connectivity index (χ1) is 13.0. The summed E-state index contributed by atoms with van der Waals surface area (Å²) in [5, 5.41) is 2.58. The van der Waals surface area contributed by atoms with E-state index in [1.807, 2.05) is 12.1 Å². The summed E-state index contributed by atoms with van der Waals surface area (Å²) < 4.78 is 19.7. The number of alkyl halides is 1. The molecule has 4 rings (SSSR count). The molecule has 1 N–H and O–H groups in total. The third kappa shape index (κ3) is 3.91. The van der Waals surface area contributed by atoms with Gasteiger partial charge < -0.3 is 15.0 Å². The van der Waals surface area contributed by atoms with Crippen molar-refractivity contribution in [3.8, 4) is 0 Å². The first-order valence-corrected chi connectivity index (χ1v) is 9.87. The van der Waals surface area contributed by atoms with E-state index in [-0.39, 0.29) is 24.5 Å². The van der Waals surface area contributed by atoms with Gasteiger partial charge in [0, 0.05) is 24.1 Å². The molecule has 3 aliphatic rings. The molecule has 1 unspecified atom stereocenters. The van der Waals surface area contributed by atoms with Crippen LogP contribution in [-0.4, -0.2) is 46.4 Å². The van der Waals surface area contributed by atoms with Crippen LogP contribution in [0, 0.1) is 0 Å². The van der Waals surface area contributed by atoms with Crippen LogP contribution in [0.4, 0.5) is 4.39 Å². The van der Waals surface area contributed by atoms with Crippen LogP contribution in [0.3, 0.4) is 0 Å². The summed E-state index contributed by atoms with van der Waals surface area (Å²) in [7, 11) is 0. The molecule has 2 atom stereocenters. The number of benzene rings is 1. The van der Waals surface area contributed by atoms with Crippen LogP contribution in [0.25, 0.3) is 5.76 Å². The Morgan fingerprint density at radius 2 is 2.30 bits per heavy atom. The first kappa shape index (κ1) is 18.2. The lowest BCUT2D eigenvalue weighted by atomic mass is 10.1. The average Bonchev–Trinajstić information content (AvgIpc) is 3.36. The number of thioether (sulfide) groups is 1. The summed E-state index contributed by atoms with van der Waals surface area (Å²) in [4.78, 5) is 26.4. The molecular weight excluding hydrogens is 387 g/mol. The smallest absolute Gasteiger partial charge is 0.263 e. The van der Waals surface area contributed by atoms with Crippen LogP contribution in [0.1, 0.15) is 28.8 Å². The Morgan fingerprint density at radius 1 is 1.44 bits per heavy atom. The van der Waals surface area contributed by atoms with E-state index in [2.05, 4.69) is 5.32 Å². The van der Waals surface area contributed by atoms with E-state index in [1.165, 1.54) is 11.8 Å². The molecule has 3 heterocycles. The molecule has 0 aromatic heterocycles. The number of halogens is 1. The van der Waals surface area contributed by atoms with E-state index in [0.29, 0.717) is 39.9 Å². The van der Waals surface area contributed by atoms with Gasteiger partial charge in [-0.1, -0.05) is 36.1 Å². The predicted octanol–water partition coefficient (Wildman–Crippen LogP) is 3.03. The highest BCUT2D eigenvalue weighted by Gasteiger charge is 2.28. The number of thiocarbonyl (C=S) groups is 1. The van der Waals surface area contributed by atoms with E-state index in [4.69, 9.17) is 17.0 Å². The van der Waals surface area contributed by atoms with Crippen molar-refractivity contribution in [1.82, 2.24) is 10.2 Å². The molecule has 0 radical (unpaired) electrons. The average molecular weight is 404 g/mol. The Kier molecular flexibility index (Phi) is 5.01. The highest BCUT2D eigenvalue weighted by Crippen LogP contribution is 2.31. The zero-order valence-electron chi connectivity index (χ0n) is 14.3. The fourth-order valence-electron chi connectivity index (χ4n) is 3.27. The largest absolute Gasteiger partial charge is 0.486 e. The number of carbonyl (C=O) groups excluding carboxylic acids is 2. The molecule has 0 bridgehead atoms. The number of hydrogen-bond acceptors (Lipinski definition) is 5. The maximum atomic E-state index is 13.4. The highest BCUT2D eigenvalue weighted by atomic mass is 32.2. The van der Waals surface area contributed by atoms with Crippen molar-refractivity contribution in [3.05, 3.63) is 52.4 Å². The minimum atomic E-state index is -0.939. The third-order valence-electron chi connectivity index (χ3n) is 4.61. The molecule has 8 heteroatoms. The molecule has 3 aliphatic heterocycles. The predicted molar refractivity (Wildman–Crippen MR) is 106 cm³/mol. The lowest BCUT2D eigenvalue weighted by Crippen LogP contribution is -2.28. The summed E-state index contributed by atoms with van der Waals surface area (Å²) in [6.45, 7) is 0.597. The second kappa shape index (κ2) is 7.44. The van der Waals surface area contributed by atoms with Crippen LogP contribution in [0.15, 0.2) is 41.3 Å². The highest BCUT2D eigenvalue weighted by molar-refractivity contribution is 8.26. The summed E-state index contributed by atoms with van der Waals surface area (Å²) in [5.74, 6) is 0.301. The molecule has 2 amide bonds. The van der Waals surface area contributed by atoms with Gasteiger partial charge in [0.1, 0.15) is 22.4 Å². The summed E-state index contributed by atoms with van der Waals surface area (Å²) in [5.41, 5.74) is 1.31. The van der Waals surface area contributed by atoms with Gasteiger partial charge in [0.05, 0.1) is 11.4 Å². The minimum absolute atomic E-state index is 0.152. The first-order valence-electron chi connectivity index (χ1n) is 8.65. The molecular formula is C19H17FN2O3S2. The zero-order chi connectivity index (χ0) is 19.0. The molecule has 5 nitrogen and oxygen atoms in total. The van der Waals surface area contributed by atoms with E-state index >= 15 is 0 Å². The van der Waals surface area contributed by atoms with Crippen LogP contribution in [-0.2, 0) is 9.53 Å². The monoisotopic (exact) mass is 404 g/mol. The quantitative estimate of drug-likeness (QED) is 0.620. The Bertz CT molecular complexity index is 883. The Hall–Kier alpha value is -2.19. The van der Waals surface area contributed by atoms with E-state index in [9.17, 15) is 14.0 Å². The summed E-state index contributed by atoms with van der Waals surface area (Å²) >= 11 is 6.21. The fraction of sp³-hybridized carbons (Fsp3) is 0.316. The van der Waals surface area contributed by atoms with Crippen molar-refractivity contribution in [1.29, 1.82) is 0 Å². The molecule has 2 saturated heterocycles. The number of amides is 2. The van der Waals surface area contributed by atoms with Gasteiger partial charge >= 0.3 is 0 Å². The second-order valence-electron chi connectivity index (χ2n) is 6.55. The molecule has 1 aromatic rings. The number of nitrogens with zero attached hydrogens (tertiary/aromatic N) is 1. The molecule has 140 valence electrons. The van der Waals surface area contributed by atoms with Crippen molar-refractivity contribution >= 4 is 45.9 Å². The van der Waals surface area contributed by atoms with Gasteiger partial charge in [-0.2, -0.15) is 0 Å². The number of nitrogens with one attached hydrogen (secondary N) is 1. The fourth-order valence-corrected chi connectivity index (χ4v) is 4.33. The van der Waals surface area contributed by atoms with Crippen molar-refractivity contribution in [2.45, 2.75) is 25.1 Å². The molecule has 2 fully saturated rings. The standard InChI is InChI=1S/C19H17FN2O3S2/c20-13-6-7-22(10-13)18(24)12-3-1-2-11(8-12)15-5-4-14(25-15)9-16-17(23)21-19(26)27-16/h1-3,5,8-9,13-14H,4,6-7,10H2,(H,21,23,26)/b16-9-/t13-,14?/m1/s1. The molecule has 0 spiro atoms. The number of rotatable bonds is 3. The van der Waals surface area contributed by atoms with E-state index < -0.39 is 6.17 Å². The summed E-state index contributed by atoms with van der Waals surface area (Å²) in [6.07, 6.45) is 3.54. The maximum absolute atomic E-state index is 13.4. The Balaban J connectivity index is 1.45. The molecule has 27 heavy (non-hydrogen) atoms. The number of hydrogen-bond donors (Lipinski definition) is 1.